The maximum absolute atomic E-state index is 14.0. The number of para-hydroxylation sites is 1. The van der Waals surface area contributed by atoms with E-state index < -0.39 is 11.6 Å². The molecule has 0 aromatic heterocycles. The first-order valence-electron chi connectivity index (χ1n) is 7.75. The largest absolute Gasteiger partial charge is 0.307 e. The molecule has 1 amide bonds. The Hall–Kier alpha value is -1.40. The van der Waals surface area contributed by atoms with Crippen LogP contribution in [0.2, 0.25) is 10.0 Å². The first-order chi connectivity index (χ1) is 11.9. The molecule has 1 aliphatic rings. The number of anilines is 1. The first-order valence-corrected chi connectivity index (χ1v) is 8.51. The summed E-state index contributed by atoms with van der Waals surface area (Å²) in [6, 6.07) is 8.43. The van der Waals surface area contributed by atoms with Gasteiger partial charge >= 0.3 is 0 Å². The van der Waals surface area contributed by atoms with Gasteiger partial charge in [0.25, 0.3) is 0 Å². The van der Waals surface area contributed by atoms with Gasteiger partial charge in [0.2, 0.25) is 5.91 Å². The third-order valence-electron chi connectivity index (χ3n) is 4.38. The molecular weight excluding hydrogens is 405 g/mol. The molecule has 3 nitrogen and oxygen atoms in total. The summed E-state index contributed by atoms with van der Waals surface area (Å²) < 4.78 is 27.1. The van der Waals surface area contributed by atoms with Crippen LogP contribution in [-0.2, 0) is 11.2 Å². The number of hydrogen-bond acceptors (Lipinski definition) is 2. The number of amides is 1. The van der Waals surface area contributed by atoms with Crippen LogP contribution < -0.4 is 4.90 Å². The maximum atomic E-state index is 14.0. The van der Waals surface area contributed by atoms with Crippen molar-refractivity contribution in [3.8, 4) is 0 Å². The van der Waals surface area contributed by atoms with Gasteiger partial charge in [-0.2, -0.15) is 0 Å². The van der Waals surface area contributed by atoms with Crippen LogP contribution in [0.4, 0.5) is 14.5 Å². The van der Waals surface area contributed by atoms with Crippen LogP contribution in [0, 0.1) is 11.6 Å². The Kier molecular flexibility index (Phi) is 6.86. The average molecular weight is 422 g/mol. The molecule has 140 valence electrons. The zero-order valence-electron chi connectivity index (χ0n) is 13.9. The summed E-state index contributed by atoms with van der Waals surface area (Å²) in [5, 5.41) is 0.772. The van der Waals surface area contributed by atoms with Crippen molar-refractivity contribution < 1.29 is 13.6 Å². The van der Waals surface area contributed by atoms with Crippen LogP contribution in [-0.4, -0.2) is 37.0 Å². The lowest BCUT2D eigenvalue weighted by atomic mass is 10.0. The van der Waals surface area contributed by atoms with Gasteiger partial charge in [-0.3, -0.25) is 9.69 Å². The van der Waals surface area contributed by atoms with Gasteiger partial charge in [0.05, 0.1) is 22.3 Å². The molecule has 0 saturated carbocycles. The summed E-state index contributed by atoms with van der Waals surface area (Å²) in [7, 11) is 1.80. The van der Waals surface area contributed by atoms with Gasteiger partial charge in [0.1, 0.15) is 11.6 Å². The number of piperazine rings is 1. The smallest absolute Gasteiger partial charge is 0.241 e. The molecule has 0 radical (unpaired) electrons. The number of benzene rings is 2. The number of nitrogens with zero attached hydrogens (tertiary/aromatic N) is 2. The highest BCUT2D eigenvalue weighted by Gasteiger charge is 2.33. The average Bonchev–Trinajstić information content (AvgIpc) is 2.53. The van der Waals surface area contributed by atoms with E-state index in [0.29, 0.717) is 34.3 Å². The molecule has 0 aliphatic carbocycles. The number of carbonyl (C=O) groups is 1. The molecule has 2 aromatic carbocycles. The lowest BCUT2D eigenvalue weighted by Gasteiger charge is -2.39. The number of likely N-dealkylation sites (N-methyl/N-ethyl adjacent to an activating group) is 1. The van der Waals surface area contributed by atoms with E-state index in [1.807, 2.05) is 4.90 Å². The summed E-state index contributed by atoms with van der Waals surface area (Å²) in [5.74, 6) is -1.33. The quantitative estimate of drug-likeness (QED) is 0.724. The van der Waals surface area contributed by atoms with Crippen molar-refractivity contribution in [2.24, 2.45) is 0 Å². The van der Waals surface area contributed by atoms with E-state index in [0.717, 1.165) is 6.07 Å². The SMILES string of the molecule is CN1CC(=O)N(c2c(Cl)cccc2Cl)CC1Cc1ccc(F)cc1F.Cl. The highest BCUT2D eigenvalue weighted by atomic mass is 35.5. The van der Waals surface area contributed by atoms with Gasteiger partial charge in [0.15, 0.2) is 0 Å². The van der Waals surface area contributed by atoms with Crippen molar-refractivity contribution >= 4 is 47.2 Å². The third-order valence-corrected chi connectivity index (χ3v) is 4.99. The van der Waals surface area contributed by atoms with Crippen LogP contribution in [0.1, 0.15) is 5.56 Å². The molecule has 8 heteroatoms. The van der Waals surface area contributed by atoms with Gasteiger partial charge in [-0.25, -0.2) is 8.78 Å². The molecule has 1 saturated heterocycles. The standard InChI is InChI=1S/C18H16Cl2F2N2O.ClH/c1-23-10-17(25)24(18-14(19)3-2-4-15(18)20)9-13(23)7-11-5-6-12(21)8-16(11)22;/h2-6,8,13H,7,9-10H2,1H3;1H. The van der Waals surface area contributed by atoms with Crippen molar-refractivity contribution in [3.63, 3.8) is 0 Å². The van der Waals surface area contributed by atoms with Crippen molar-refractivity contribution in [1.29, 1.82) is 0 Å². The number of carbonyl (C=O) groups excluding carboxylic acids is 1. The molecule has 3 rings (SSSR count). The van der Waals surface area contributed by atoms with Crippen molar-refractivity contribution in [1.82, 2.24) is 4.90 Å². The minimum Gasteiger partial charge on any atom is -0.307 e. The fourth-order valence-electron chi connectivity index (χ4n) is 3.00. The Morgan fingerprint density at radius 2 is 1.81 bits per heavy atom. The van der Waals surface area contributed by atoms with Gasteiger partial charge in [0, 0.05) is 18.7 Å². The van der Waals surface area contributed by atoms with Crippen LogP contribution in [0.15, 0.2) is 36.4 Å². The van der Waals surface area contributed by atoms with Gasteiger partial charge in [-0.05, 0) is 37.2 Å². The second-order valence-corrected chi connectivity index (χ2v) is 6.90. The second kappa shape index (κ2) is 8.53. The van der Waals surface area contributed by atoms with Crippen LogP contribution in [0.25, 0.3) is 0 Å². The van der Waals surface area contributed by atoms with E-state index in [4.69, 9.17) is 23.2 Å². The molecule has 1 aliphatic heterocycles. The van der Waals surface area contributed by atoms with Crippen LogP contribution in [0.5, 0.6) is 0 Å². The minimum atomic E-state index is -0.613. The minimum absolute atomic E-state index is 0. The highest BCUT2D eigenvalue weighted by molar-refractivity contribution is 6.40. The van der Waals surface area contributed by atoms with Crippen molar-refractivity contribution in [3.05, 3.63) is 63.6 Å². The Morgan fingerprint density at radius 1 is 1.15 bits per heavy atom. The second-order valence-electron chi connectivity index (χ2n) is 6.08. The number of rotatable bonds is 3. The number of hydrogen-bond donors (Lipinski definition) is 0. The van der Waals surface area contributed by atoms with Crippen molar-refractivity contribution in [2.45, 2.75) is 12.5 Å². The summed E-state index contributed by atoms with van der Waals surface area (Å²) in [4.78, 5) is 15.9. The van der Waals surface area contributed by atoms with Crippen molar-refractivity contribution in [2.75, 3.05) is 25.0 Å². The molecule has 0 spiro atoms. The van der Waals surface area contributed by atoms with Gasteiger partial charge in [-0.15, -0.1) is 12.4 Å². The molecule has 26 heavy (non-hydrogen) atoms. The van der Waals surface area contributed by atoms with E-state index in [9.17, 15) is 13.6 Å². The fraction of sp³-hybridized carbons (Fsp3) is 0.278. The Bertz CT molecular complexity index is 799. The van der Waals surface area contributed by atoms with E-state index in [2.05, 4.69) is 0 Å². The summed E-state index contributed by atoms with van der Waals surface area (Å²) in [6.45, 7) is 0.477. The van der Waals surface area contributed by atoms with E-state index in [-0.39, 0.29) is 30.9 Å². The Labute approximate surface area is 166 Å². The van der Waals surface area contributed by atoms with Crippen LogP contribution >= 0.6 is 35.6 Å². The lowest BCUT2D eigenvalue weighted by molar-refractivity contribution is -0.121. The van der Waals surface area contributed by atoms with E-state index in [1.54, 1.807) is 25.2 Å². The lowest BCUT2D eigenvalue weighted by Crippen LogP contribution is -2.55. The zero-order chi connectivity index (χ0) is 18.1. The van der Waals surface area contributed by atoms with Gasteiger partial charge < -0.3 is 4.90 Å². The maximum Gasteiger partial charge on any atom is 0.241 e. The first kappa shape index (κ1) is 20.9. The number of halogens is 5. The molecule has 1 unspecified atom stereocenters. The summed E-state index contributed by atoms with van der Waals surface area (Å²) >= 11 is 12.4. The molecular formula is C18H17Cl3F2N2O. The monoisotopic (exact) mass is 420 g/mol. The molecule has 1 heterocycles. The normalized spacial score (nSPS) is 18.0. The predicted molar refractivity (Wildman–Crippen MR) is 103 cm³/mol. The molecule has 2 aromatic rings. The Balaban J connectivity index is 0.00000243. The predicted octanol–water partition coefficient (Wildman–Crippen LogP) is 4.58. The summed E-state index contributed by atoms with van der Waals surface area (Å²) in [5.41, 5.74) is 0.867. The summed E-state index contributed by atoms with van der Waals surface area (Å²) in [6.07, 6.45) is 0.342. The van der Waals surface area contributed by atoms with E-state index >= 15 is 0 Å². The fourth-order valence-corrected chi connectivity index (χ4v) is 3.61. The van der Waals surface area contributed by atoms with Gasteiger partial charge in [-0.1, -0.05) is 35.3 Å². The zero-order valence-corrected chi connectivity index (χ0v) is 16.2. The topological polar surface area (TPSA) is 23.6 Å². The van der Waals surface area contributed by atoms with Crippen LogP contribution in [0.3, 0.4) is 0 Å². The molecule has 0 bridgehead atoms. The Morgan fingerprint density at radius 3 is 2.42 bits per heavy atom. The molecule has 1 fully saturated rings. The molecule has 1 atom stereocenters. The molecule has 0 N–H and O–H groups in total. The highest BCUT2D eigenvalue weighted by Crippen LogP contribution is 2.35. The van der Waals surface area contributed by atoms with E-state index in [1.165, 1.54) is 17.0 Å². The third kappa shape index (κ3) is 4.29.